The van der Waals surface area contributed by atoms with Gasteiger partial charge in [-0.3, -0.25) is 15.0 Å². The predicted molar refractivity (Wildman–Crippen MR) is 143 cm³/mol. The number of hydrogen-bond donors (Lipinski definition) is 2. The van der Waals surface area contributed by atoms with Crippen LogP contribution >= 0.6 is 0 Å². The summed E-state index contributed by atoms with van der Waals surface area (Å²) >= 11 is 0. The number of hydrogen-bond acceptors (Lipinski definition) is 6. The lowest BCUT2D eigenvalue weighted by Gasteiger charge is -2.28. The molecule has 0 atom stereocenters. The van der Waals surface area contributed by atoms with Crippen LogP contribution in [0.15, 0.2) is 48.9 Å². The third-order valence-corrected chi connectivity index (χ3v) is 7.59. The molecule has 0 unspecified atom stereocenters. The van der Waals surface area contributed by atoms with E-state index in [1.807, 2.05) is 30.5 Å². The van der Waals surface area contributed by atoms with Gasteiger partial charge in [0.15, 0.2) is 0 Å². The van der Waals surface area contributed by atoms with E-state index in [2.05, 4.69) is 31.1 Å². The molecule has 0 radical (unpaired) electrons. The Kier molecular flexibility index (Phi) is 5.57. The first kappa shape index (κ1) is 23.2. The zero-order valence-electron chi connectivity index (χ0n) is 20.9. The van der Waals surface area contributed by atoms with Gasteiger partial charge >= 0.3 is 0 Å². The molecular formula is C28H28F2N8. The molecule has 7 rings (SSSR count). The topological polar surface area (TPSA) is 89.6 Å². The Bertz CT molecular complexity index is 1620. The Morgan fingerprint density at radius 1 is 0.974 bits per heavy atom. The summed E-state index contributed by atoms with van der Waals surface area (Å²) in [6.07, 6.45) is 8.90. The van der Waals surface area contributed by atoms with E-state index >= 15 is 0 Å². The van der Waals surface area contributed by atoms with Gasteiger partial charge in [-0.15, -0.1) is 0 Å². The number of alkyl halides is 2. The SMILES string of the molecule is FC1(F)CCN(Cc2cncc(-c3ccc4[nH]nc(-c5cc6c(N7CCCCC7)nccc6[nH]5)c4n3)c2)C1. The van der Waals surface area contributed by atoms with Crippen LogP contribution in [0.5, 0.6) is 0 Å². The zero-order chi connectivity index (χ0) is 25.7. The maximum Gasteiger partial charge on any atom is 0.261 e. The number of aromatic amines is 2. The van der Waals surface area contributed by atoms with E-state index in [9.17, 15) is 8.78 Å². The minimum absolute atomic E-state index is 0.0923. The van der Waals surface area contributed by atoms with Crippen molar-refractivity contribution in [2.75, 3.05) is 31.1 Å². The molecule has 194 valence electrons. The number of piperidine rings is 1. The Hall–Kier alpha value is -3.92. The summed E-state index contributed by atoms with van der Waals surface area (Å²) in [5, 5.41) is 8.78. The number of rotatable bonds is 5. The van der Waals surface area contributed by atoms with Crippen molar-refractivity contribution in [1.29, 1.82) is 0 Å². The lowest BCUT2D eigenvalue weighted by molar-refractivity contribution is 0.0115. The molecule has 2 N–H and O–H groups in total. The molecule has 0 amide bonds. The summed E-state index contributed by atoms with van der Waals surface area (Å²) in [6, 6.07) is 9.98. The molecule has 2 fully saturated rings. The van der Waals surface area contributed by atoms with Crippen molar-refractivity contribution in [2.45, 2.75) is 38.2 Å². The Labute approximate surface area is 218 Å². The summed E-state index contributed by atoms with van der Waals surface area (Å²) in [5.74, 6) is -1.60. The predicted octanol–water partition coefficient (Wildman–Crippen LogP) is 5.39. The fraction of sp³-hybridized carbons (Fsp3) is 0.357. The summed E-state index contributed by atoms with van der Waals surface area (Å²) < 4.78 is 27.3. The van der Waals surface area contributed by atoms with E-state index < -0.39 is 5.92 Å². The second-order valence-electron chi connectivity index (χ2n) is 10.4. The van der Waals surface area contributed by atoms with Gasteiger partial charge in [0.2, 0.25) is 0 Å². The Morgan fingerprint density at radius 2 is 1.87 bits per heavy atom. The number of H-pyrrole nitrogens is 2. The van der Waals surface area contributed by atoms with Crippen LogP contribution in [0, 0.1) is 0 Å². The van der Waals surface area contributed by atoms with Gasteiger partial charge in [-0.25, -0.2) is 18.7 Å². The van der Waals surface area contributed by atoms with Gasteiger partial charge in [-0.05, 0) is 55.2 Å². The Balaban J connectivity index is 1.22. The third kappa shape index (κ3) is 4.28. The van der Waals surface area contributed by atoms with Crippen LogP contribution in [0.25, 0.3) is 44.6 Å². The van der Waals surface area contributed by atoms with E-state index in [0.29, 0.717) is 13.1 Å². The number of halogens is 2. The standard InChI is InChI=1S/C28H28F2N8/c29-28(30)7-11-37(17-28)16-18-12-19(15-31-14-18)21-4-5-23-25(34-21)26(36-35-23)24-13-20-22(33-24)6-8-32-27(20)38-9-2-1-3-10-38/h4-6,8,12-15,33H,1-3,7,9-11,16-17H2,(H,35,36). The van der Waals surface area contributed by atoms with Gasteiger partial charge in [-0.2, -0.15) is 5.10 Å². The molecular weight excluding hydrogens is 486 g/mol. The average Bonchev–Trinajstić information content (AvgIpc) is 3.64. The van der Waals surface area contributed by atoms with Crippen molar-refractivity contribution in [2.24, 2.45) is 0 Å². The molecule has 0 spiro atoms. The van der Waals surface area contributed by atoms with Crippen molar-refractivity contribution >= 4 is 27.8 Å². The van der Waals surface area contributed by atoms with Crippen LogP contribution in [-0.4, -0.2) is 67.1 Å². The first-order valence-electron chi connectivity index (χ1n) is 13.2. The lowest BCUT2D eigenvalue weighted by Crippen LogP contribution is -2.30. The van der Waals surface area contributed by atoms with Gasteiger partial charge in [0, 0.05) is 62.1 Å². The largest absolute Gasteiger partial charge is 0.356 e. The van der Waals surface area contributed by atoms with Crippen molar-refractivity contribution in [3.8, 4) is 22.6 Å². The van der Waals surface area contributed by atoms with E-state index in [1.54, 1.807) is 17.3 Å². The first-order valence-corrected chi connectivity index (χ1v) is 13.2. The van der Waals surface area contributed by atoms with Gasteiger partial charge in [0.1, 0.15) is 17.0 Å². The van der Waals surface area contributed by atoms with Crippen LogP contribution in [0.4, 0.5) is 14.6 Å². The zero-order valence-corrected chi connectivity index (χ0v) is 20.9. The van der Waals surface area contributed by atoms with Crippen LogP contribution in [0.1, 0.15) is 31.2 Å². The molecule has 38 heavy (non-hydrogen) atoms. The smallest absolute Gasteiger partial charge is 0.261 e. The second-order valence-corrected chi connectivity index (χ2v) is 10.4. The van der Waals surface area contributed by atoms with Crippen LogP contribution < -0.4 is 4.90 Å². The normalized spacial score (nSPS) is 18.1. The number of nitrogens with one attached hydrogen (secondary N) is 2. The average molecular weight is 515 g/mol. The molecule has 8 nitrogen and oxygen atoms in total. The summed E-state index contributed by atoms with van der Waals surface area (Å²) in [7, 11) is 0. The molecule has 5 aromatic heterocycles. The van der Waals surface area contributed by atoms with Crippen molar-refractivity contribution < 1.29 is 8.78 Å². The fourth-order valence-electron chi connectivity index (χ4n) is 5.69. The molecule has 0 saturated carbocycles. The minimum Gasteiger partial charge on any atom is -0.356 e. The van der Waals surface area contributed by atoms with Gasteiger partial charge in [-0.1, -0.05) is 0 Å². The summed E-state index contributed by atoms with van der Waals surface area (Å²) in [6.45, 7) is 2.67. The molecule has 5 aromatic rings. The van der Waals surface area contributed by atoms with Crippen LogP contribution in [0.3, 0.4) is 0 Å². The molecule has 0 aliphatic carbocycles. The summed E-state index contributed by atoms with van der Waals surface area (Å²) in [5.41, 5.74) is 6.72. The maximum absolute atomic E-state index is 13.6. The van der Waals surface area contributed by atoms with E-state index in [0.717, 1.165) is 69.1 Å². The fourth-order valence-corrected chi connectivity index (χ4v) is 5.69. The van der Waals surface area contributed by atoms with E-state index in [1.165, 1.54) is 19.3 Å². The highest BCUT2D eigenvalue weighted by atomic mass is 19.3. The number of pyridine rings is 3. The lowest BCUT2D eigenvalue weighted by atomic mass is 10.1. The first-order chi connectivity index (χ1) is 18.5. The number of anilines is 1. The second kappa shape index (κ2) is 9.13. The minimum atomic E-state index is -2.61. The van der Waals surface area contributed by atoms with Gasteiger partial charge < -0.3 is 9.88 Å². The summed E-state index contributed by atoms with van der Waals surface area (Å²) in [4.78, 5) is 21.7. The highest BCUT2D eigenvalue weighted by molar-refractivity contribution is 5.98. The Morgan fingerprint density at radius 3 is 2.71 bits per heavy atom. The molecule has 0 aromatic carbocycles. The van der Waals surface area contributed by atoms with E-state index in [-0.39, 0.29) is 13.0 Å². The van der Waals surface area contributed by atoms with Crippen LogP contribution in [0.2, 0.25) is 0 Å². The number of likely N-dealkylation sites (tertiary alicyclic amines) is 1. The van der Waals surface area contributed by atoms with Crippen LogP contribution in [-0.2, 0) is 6.54 Å². The molecule has 2 aliphatic heterocycles. The van der Waals surface area contributed by atoms with Crippen molar-refractivity contribution in [3.63, 3.8) is 0 Å². The maximum atomic E-state index is 13.6. The number of aromatic nitrogens is 6. The third-order valence-electron chi connectivity index (χ3n) is 7.59. The van der Waals surface area contributed by atoms with Gasteiger partial charge in [0.05, 0.1) is 29.0 Å². The molecule has 7 heterocycles. The van der Waals surface area contributed by atoms with Gasteiger partial charge in [0.25, 0.3) is 5.92 Å². The van der Waals surface area contributed by atoms with Crippen molar-refractivity contribution in [1.82, 2.24) is 35.0 Å². The molecule has 0 bridgehead atoms. The van der Waals surface area contributed by atoms with E-state index in [4.69, 9.17) is 9.97 Å². The molecule has 10 heteroatoms. The number of fused-ring (bicyclic) bond motifs is 2. The quantitative estimate of drug-likeness (QED) is 0.327. The molecule has 2 aliphatic rings. The number of nitrogens with zero attached hydrogens (tertiary/aromatic N) is 6. The highest BCUT2D eigenvalue weighted by Gasteiger charge is 2.37. The molecule has 2 saturated heterocycles. The van der Waals surface area contributed by atoms with Crippen molar-refractivity contribution in [3.05, 3.63) is 54.5 Å². The monoisotopic (exact) mass is 514 g/mol. The highest BCUT2D eigenvalue weighted by Crippen LogP contribution is 2.34.